The van der Waals surface area contributed by atoms with Crippen molar-refractivity contribution in [1.82, 2.24) is 4.98 Å². The van der Waals surface area contributed by atoms with Crippen LogP contribution >= 0.6 is 11.3 Å². The Morgan fingerprint density at radius 3 is 3.00 bits per heavy atom. The van der Waals surface area contributed by atoms with E-state index in [4.69, 9.17) is 5.11 Å². The van der Waals surface area contributed by atoms with Crippen molar-refractivity contribution in [2.75, 3.05) is 11.9 Å². The second-order valence-corrected chi connectivity index (χ2v) is 3.71. The molecule has 4 heteroatoms. The molecule has 1 rings (SSSR count). The van der Waals surface area contributed by atoms with Crippen molar-refractivity contribution in [2.45, 2.75) is 26.3 Å². The fraction of sp³-hybridized carbons (Fsp3) is 0.625. The summed E-state index contributed by atoms with van der Waals surface area (Å²) in [5, 5.41) is 14.8. The third kappa shape index (κ3) is 2.79. The molecule has 2 N–H and O–H groups in total. The van der Waals surface area contributed by atoms with E-state index in [0.717, 1.165) is 17.2 Å². The molecule has 12 heavy (non-hydrogen) atoms. The number of hydrogen-bond acceptors (Lipinski definition) is 4. The van der Waals surface area contributed by atoms with Gasteiger partial charge in [-0.2, -0.15) is 0 Å². The van der Waals surface area contributed by atoms with Crippen molar-refractivity contribution >= 4 is 16.5 Å². The Kier molecular flexibility index (Phi) is 3.49. The van der Waals surface area contributed by atoms with E-state index in [9.17, 15) is 0 Å². The molecular formula is C8H14N2OS. The third-order valence-electron chi connectivity index (χ3n) is 1.55. The molecule has 68 valence electrons. The molecule has 0 aliphatic rings. The Balaban J connectivity index is 2.41. The highest BCUT2D eigenvalue weighted by Gasteiger charge is 2.02. The first-order valence-corrected chi connectivity index (χ1v) is 4.90. The lowest BCUT2D eigenvalue weighted by molar-refractivity contribution is 0.282. The van der Waals surface area contributed by atoms with E-state index < -0.39 is 0 Å². The van der Waals surface area contributed by atoms with Gasteiger partial charge in [0.1, 0.15) is 0 Å². The number of anilines is 1. The van der Waals surface area contributed by atoms with Gasteiger partial charge in [-0.15, -0.1) is 11.3 Å². The zero-order chi connectivity index (χ0) is 8.97. The van der Waals surface area contributed by atoms with Gasteiger partial charge in [-0.05, 0) is 20.3 Å². The maximum Gasteiger partial charge on any atom is 0.183 e. The van der Waals surface area contributed by atoms with Crippen molar-refractivity contribution in [3.05, 3.63) is 11.1 Å². The van der Waals surface area contributed by atoms with Crippen LogP contribution in [0.25, 0.3) is 0 Å². The number of thiazole rings is 1. The Hall–Kier alpha value is -0.610. The first-order valence-electron chi connectivity index (χ1n) is 4.02. The van der Waals surface area contributed by atoms with E-state index in [1.54, 1.807) is 11.3 Å². The number of aliphatic hydroxyl groups excluding tert-OH is 1. The molecule has 0 amide bonds. The van der Waals surface area contributed by atoms with Gasteiger partial charge in [0.25, 0.3) is 0 Å². The fourth-order valence-corrected chi connectivity index (χ4v) is 1.70. The Morgan fingerprint density at radius 2 is 2.50 bits per heavy atom. The molecule has 3 nitrogen and oxygen atoms in total. The fourth-order valence-electron chi connectivity index (χ4n) is 0.897. The topological polar surface area (TPSA) is 45.1 Å². The van der Waals surface area contributed by atoms with E-state index in [-0.39, 0.29) is 6.61 Å². The van der Waals surface area contributed by atoms with Gasteiger partial charge in [0.2, 0.25) is 0 Å². The van der Waals surface area contributed by atoms with Crippen LogP contribution in [-0.4, -0.2) is 22.7 Å². The first-order chi connectivity index (χ1) is 5.72. The molecule has 0 bridgehead atoms. The predicted molar refractivity (Wildman–Crippen MR) is 51.6 cm³/mol. The van der Waals surface area contributed by atoms with E-state index in [0.29, 0.717) is 6.04 Å². The van der Waals surface area contributed by atoms with Crippen LogP contribution < -0.4 is 5.32 Å². The quantitative estimate of drug-likeness (QED) is 0.751. The van der Waals surface area contributed by atoms with Crippen molar-refractivity contribution in [3.63, 3.8) is 0 Å². The highest BCUT2D eigenvalue weighted by molar-refractivity contribution is 7.13. The van der Waals surface area contributed by atoms with Gasteiger partial charge in [-0.1, -0.05) is 0 Å². The van der Waals surface area contributed by atoms with Crippen LogP contribution in [0.1, 0.15) is 19.0 Å². The lowest BCUT2D eigenvalue weighted by atomic mass is 10.2. The normalized spacial score (nSPS) is 12.9. The summed E-state index contributed by atoms with van der Waals surface area (Å²) in [6.45, 7) is 4.23. The number of nitrogens with zero attached hydrogens (tertiary/aromatic N) is 1. The smallest absolute Gasteiger partial charge is 0.183 e. The van der Waals surface area contributed by atoms with Crippen molar-refractivity contribution in [1.29, 1.82) is 0 Å². The van der Waals surface area contributed by atoms with Crippen LogP contribution in [-0.2, 0) is 0 Å². The summed E-state index contributed by atoms with van der Waals surface area (Å²) in [6, 6.07) is 0.292. The average molecular weight is 186 g/mol. The van der Waals surface area contributed by atoms with Gasteiger partial charge in [0.05, 0.1) is 5.69 Å². The Bertz CT molecular complexity index is 237. The van der Waals surface area contributed by atoms with Crippen LogP contribution in [0.15, 0.2) is 5.38 Å². The monoisotopic (exact) mass is 186 g/mol. The molecule has 0 saturated heterocycles. The Labute approximate surface area is 76.5 Å². The van der Waals surface area contributed by atoms with Crippen LogP contribution in [0.4, 0.5) is 5.13 Å². The summed E-state index contributed by atoms with van der Waals surface area (Å²) >= 11 is 1.60. The van der Waals surface area contributed by atoms with Gasteiger partial charge in [0, 0.05) is 18.0 Å². The Morgan fingerprint density at radius 1 is 1.75 bits per heavy atom. The minimum Gasteiger partial charge on any atom is -0.396 e. The second kappa shape index (κ2) is 4.42. The summed E-state index contributed by atoms with van der Waals surface area (Å²) < 4.78 is 0. The molecule has 0 aromatic carbocycles. The lowest BCUT2D eigenvalue weighted by Gasteiger charge is -2.09. The van der Waals surface area contributed by atoms with Gasteiger partial charge in [0.15, 0.2) is 5.13 Å². The highest BCUT2D eigenvalue weighted by atomic mass is 32.1. The molecule has 1 heterocycles. The summed E-state index contributed by atoms with van der Waals surface area (Å²) in [5.41, 5.74) is 1.04. The van der Waals surface area contributed by atoms with E-state index in [2.05, 4.69) is 10.3 Å². The lowest BCUT2D eigenvalue weighted by Crippen LogP contribution is -2.16. The highest BCUT2D eigenvalue weighted by Crippen LogP contribution is 2.15. The predicted octanol–water partition coefficient (Wildman–Crippen LogP) is 1.63. The molecule has 0 aliphatic carbocycles. The number of aliphatic hydroxyl groups is 1. The van der Waals surface area contributed by atoms with Crippen LogP contribution in [0.5, 0.6) is 0 Å². The van der Waals surface area contributed by atoms with Crippen molar-refractivity contribution < 1.29 is 5.11 Å². The molecule has 1 unspecified atom stereocenters. The third-order valence-corrected chi connectivity index (χ3v) is 2.44. The van der Waals surface area contributed by atoms with Crippen LogP contribution in [0, 0.1) is 6.92 Å². The molecular weight excluding hydrogens is 172 g/mol. The zero-order valence-corrected chi connectivity index (χ0v) is 8.19. The molecule has 0 radical (unpaired) electrons. The number of rotatable bonds is 4. The molecule has 0 saturated carbocycles. The molecule has 1 aromatic rings. The zero-order valence-electron chi connectivity index (χ0n) is 7.37. The minimum absolute atomic E-state index is 0.221. The number of aryl methyl sites for hydroxylation is 1. The maximum atomic E-state index is 8.66. The average Bonchev–Trinajstić information content (AvgIpc) is 2.36. The standard InChI is InChI=1S/C8H14N2OS/c1-6(3-4-11)9-8-10-7(2)5-12-8/h5-6,11H,3-4H2,1-2H3,(H,9,10). The number of nitrogens with one attached hydrogen (secondary N) is 1. The number of aromatic nitrogens is 1. The summed E-state index contributed by atoms with van der Waals surface area (Å²) in [6.07, 6.45) is 0.763. The van der Waals surface area contributed by atoms with Crippen molar-refractivity contribution in [2.24, 2.45) is 0 Å². The van der Waals surface area contributed by atoms with Crippen LogP contribution in [0.3, 0.4) is 0 Å². The van der Waals surface area contributed by atoms with E-state index in [1.807, 2.05) is 19.2 Å². The summed E-state index contributed by atoms with van der Waals surface area (Å²) in [4.78, 5) is 4.26. The molecule has 0 fully saturated rings. The maximum absolute atomic E-state index is 8.66. The molecule has 1 aromatic heterocycles. The van der Waals surface area contributed by atoms with Gasteiger partial charge in [-0.3, -0.25) is 0 Å². The SMILES string of the molecule is Cc1csc(NC(C)CCO)n1. The summed E-state index contributed by atoms with van der Waals surface area (Å²) in [7, 11) is 0. The van der Waals surface area contributed by atoms with E-state index >= 15 is 0 Å². The molecule has 0 spiro atoms. The summed E-state index contributed by atoms with van der Waals surface area (Å²) in [5.74, 6) is 0. The second-order valence-electron chi connectivity index (χ2n) is 2.85. The number of hydrogen-bond donors (Lipinski definition) is 2. The largest absolute Gasteiger partial charge is 0.396 e. The first kappa shape index (κ1) is 9.48. The molecule has 1 atom stereocenters. The van der Waals surface area contributed by atoms with Gasteiger partial charge < -0.3 is 10.4 Å². The molecule has 0 aliphatic heterocycles. The van der Waals surface area contributed by atoms with Gasteiger partial charge >= 0.3 is 0 Å². The van der Waals surface area contributed by atoms with Crippen LogP contribution in [0.2, 0.25) is 0 Å². The van der Waals surface area contributed by atoms with E-state index in [1.165, 1.54) is 0 Å². The van der Waals surface area contributed by atoms with Gasteiger partial charge in [-0.25, -0.2) is 4.98 Å². The minimum atomic E-state index is 0.221. The van der Waals surface area contributed by atoms with Crippen molar-refractivity contribution in [3.8, 4) is 0 Å².